The van der Waals surface area contributed by atoms with Crippen LogP contribution in [0.1, 0.15) is 20.8 Å². The third-order valence-corrected chi connectivity index (χ3v) is 2.05. The lowest BCUT2D eigenvalue weighted by Crippen LogP contribution is -2.40. The van der Waals surface area contributed by atoms with Gasteiger partial charge in [0, 0.05) is 0 Å². The molecular formula is C10H12O3. The maximum atomic E-state index is 11.4. The fraction of sp³-hybridized carbons (Fsp3) is 0.500. The van der Waals surface area contributed by atoms with E-state index in [1.54, 1.807) is 20.8 Å². The number of rotatable bonds is 0. The zero-order valence-corrected chi connectivity index (χ0v) is 7.96. The summed E-state index contributed by atoms with van der Waals surface area (Å²) in [6, 6.07) is 0. The van der Waals surface area contributed by atoms with Crippen LogP contribution in [0.2, 0.25) is 0 Å². The zero-order valence-electron chi connectivity index (χ0n) is 7.96. The number of hydrogen-bond acceptors (Lipinski definition) is 3. The quantitative estimate of drug-likeness (QED) is 0.411. The van der Waals surface area contributed by atoms with Crippen LogP contribution in [0.15, 0.2) is 12.2 Å². The largest absolute Gasteiger partial charge is 0.294 e. The highest BCUT2D eigenvalue weighted by atomic mass is 16.2. The smallest absolute Gasteiger partial charge is 0.222 e. The molecule has 0 heterocycles. The average molecular weight is 180 g/mol. The van der Waals surface area contributed by atoms with Crippen molar-refractivity contribution in [2.45, 2.75) is 20.8 Å². The summed E-state index contributed by atoms with van der Waals surface area (Å²) < 4.78 is 0. The van der Waals surface area contributed by atoms with E-state index < -0.39 is 22.9 Å². The van der Waals surface area contributed by atoms with E-state index in [-0.39, 0.29) is 5.78 Å². The van der Waals surface area contributed by atoms with Crippen molar-refractivity contribution in [3.8, 4) is 0 Å². The molecular weight excluding hydrogens is 168 g/mol. The fourth-order valence-electron chi connectivity index (χ4n) is 1.43. The van der Waals surface area contributed by atoms with E-state index in [0.717, 1.165) is 6.08 Å². The lowest BCUT2D eigenvalue weighted by atomic mass is 9.72. The maximum absolute atomic E-state index is 11.4. The first-order valence-corrected chi connectivity index (χ1v) is 4.14. The van der Waals surface area contributed by atoms with Gasteiger partial charge < -0.3 is 0 Å². The lowest BCUT2D eigenvalue weighted by Gasteiger charge is -2.27. The summed E-state index contributed by atoms with van der Waals surface area (Å²) in [4.78, 5) is 33.7. The second-order valence-corrected chi connectivity index (χ2v) is 4.26. The van der Waals surface area contributed by atoms with Crippen LogP contribution in [-0.4, -0.2) is 17.3 Å². The Balaban J connectivity index is 3.11. The predicted octanol–water partition coefficient (Wildman–Crippen LogP) is 0.926. The van der Waals surface area contributed by atoms with Crippen LogP contribution in [0.4, 0.5) is 0 Å². The van der Waals surface area contributed by atoms with Crippen LogP contribution in [0, 0.1) is 11.3 Å². The van der Waals surface area contributed by atoms with Crippen molar-refractivity contribution < 1.29 is 14.4 Å². The molecule has 0 N–H and O–H groups in total. The Morgan fingerprint density at radius 2 is 1.62 bits per heavy atom. The van der Waals surface area contributed by atoms with E-state index in [2.05, 4.69) is 0 Å². The van der Waals surface area contributed by atoms with Crippen LogP contribution in [0.25, 0.3) is 0 Å². The summed E-state index contributed by atoms with van der Waals surface area (Å²) in [5.74, 6) is -2.22. The van der Waals surface area contributed by atoms with Crippen molar-refractivity contribution in [2.75, 3.05) is 0 Å². The summed E-state index contributed by atoms with van der Waals surface area (Å²) in [6.45, 7) is 5.33. The van der Waals surface area contributed by atoms with E-state index in [9.17, 15) is 14.4 Å². The Hall–Kier alpha value is -1.25. The van der Waals surface area contributed by atoms with Gasteiger partial charge in [-0.05, 0) is 17.6 Å². The maximum Gasteiger partial charge on any atom is 0.222 e. The predicted molar refractivity (Wildman–Crippen MR) is 47.1 cm³/mol. The average Bonchev–Trinajstić information content (AvgIpc) is 1.95. The van der Waals surface area contributed by atoms with Crippen LogP contribution >= 0.6 is 0 Å². The zero-order chi connectivity index (χ0) is 10.2. The molecule has 0 saturated carbocycles. The SMILES string of the molecule is CC(C)(C)C1C(=O)C=CC(=O)C1=O. The normalized spacial score (nSPS) is 23.9. The van der Waals surface area contributed by atoms with E-state index in [0.29, 0.717) is 0 Å². The number of carbonyl (C=O) groups is 3. The van der Waals surface area contributed by atoms with Crippen molar-refractivity contribution in [3.05, 3.63) is 12.2 Å². The van der Waals surface area contributed by atoms with Gasteiger partial charge in [-0.2, -0.15) is 0 Å². The van der Waals surface area contributed by atoms with Crippen LogP contribution in [0.3, 0.4) is 0 Å². The molecule has 1 unspecified atom stereocenters. The molecule has 0 spiro atoms. The summed E-state index contributed by atoms with van der Waals surface area (Å²) in [5, 5.41) is 0. The molecule has 0 fully saturated rings. The van der Waals surface area contributed by atoms with Gasteiger partial charge in [0.25, 0.3) is 0 Å². The summed E-state index contributed by atoms with van der Waals surface area (Å²) in [7, 11) is 0. The van der Waals surface area contributed by atoms with Crippen molar-refractivity contribution in [2.24, 2.45) is 11.3 Å². The molecule has 0 aromatic heterocycles. The van der Waals surface area contributed by atoms with Crippen molar-refractivity contribution in [3.63, 3.8) is 0 Å². The Bertz CT molecular complexity index is 305. The first-order valence-electron chi connectivity index (χ1n) is 4.14. The van der Waals surface area contributed by atoms with Gasteiger partial charge in [0.05, 0.1) is 5.92 Å². The van der Waals surface area contributed by atoms with E-state index in [1.165, 1.54) is 6.08 Å². The highest BCUT2D eigenvalue weighted by Crippen LogP contribution is 2.29. The van der Waals surface area contributed by atoms with Gasteiger partial charge in [0.1, 0.15) is 0 Å². The molecule has 3 nitrogen and oxygen atoms in total. The van der Waals surface area contributed by atoms with E-state index in [1.807, 2.05) is 0 Å². The summed E-state index contributed by atoms with van der Waals surface area (Å²) in [5.41, 5.74) is -0.478. The molecule has 0 bridgehead atoms. The van der Waals surface area contributed by atoms with Gasteiger partial charge in [-0.15, -0.1) is 0 Å². The van der Waals surface area contributed by atoms with E-state index >= 15 is 0 Å². The topological polar surface area (TPSA) is 51.2 Å². The molecule has 0 aromatic carbocycles. The van der Waals surface area contributed by atoms with Gasteiger partial charge >= 0.3 is 0 Å². The monoisotopic (exact) mass is 180 g/mol. The minimum atomic E-state index is -0.801. The third kappa shape index (κ3) is 1.74. The molecule has 0 amide bonds. The minimum absolute atomic E-state index is 0.267. The van der Waals surface area contributed by atoms with Crippen LogP contribution < -0.4 is 0 Å². The van der Waals surface area contributed by atoms with Gasteiger partial charge in [0.2, 0.25) is 11.6 Å². The number of Topliss-reactive ketones (excluding diaryl/α,β-unsaturated/α-hetero) is 1. The molecule has 0 aliphatic heterocycles. The Labute approximate surface area is 76.8 Å². The molecule has 70 valence electrons. The lowest BCUT2D eigenvalue weighted by molar-refractivity contribution is -0.143. The molecule has 0 radical (unpaired) electrons. The fourth-order valence-corrected chi connectivity index (χ4v) is 1.43. The first kappa shape index (κ1) is 9.84. The van der Waals surface area contributed by atoms with Crippen LogP contribution in [0.5, 0.6) is 0 Å². The molecule has 1 aliphatic carbocycles. The minimum Gasteiger partial charge on any atom is -0.294 e. The second-order valence-electron chi connectivity index (χ2n) is 4.26. The Morgan fingerprint density at radius 1 is 1.08 bits per heavy atom. The molecule has 0 aromatic rings. The molecule has 1 rings (SSSR count). The van der Waals surface area contributed by atoms with Gasteiger partial charge in [-0.3, -0.25) is 14.4 Å². The number of allylic oxidation sites excluding steroid dienone is 2. The highest BCUT2D eigenvalue weighted by molar-refractivity contribution is 6.48. The number of ketones is 3. The number of hydrogen-bond donors (Lipinski definition) is 0. The Morgan fingerprint density at radius 3 is 2.00 bits per heavy atom. The van der Waals surface area contributed by atoms with E-state index in [4.69, 9.17) is 0 Å². The van der Waals surface area contributed by atoms with Crippen molar-refractivity contribution in [1.29, 1.82) is 0 Å². The molecule has 0 saturated heterocycles. The molecule has 1 aliphatic rings. The number of carbonyl (C=O) groups excluding carboxylic acids is 3. The van der Waals surface area contributed by atoms with Crippen molar-refractivity contribution >= 4 is 17.3 Å². The third-order valence-electron chi connectivity index (χ3n) is 2.05. The second kappa shape index (κ2) is 2.91. The standard InChI is InChI=1S/C10H12O3/c1-10(2,3)8-6(11)4-5-7(12)9(8)13/h4-5,8H,1-3H3. The first-order chi connectivity index (χ1) is 5.84. The molecule has 13 heavy (non-hydrogen) atoms. The van der Waals surface area contributed by atoms with Gasteiger partial charge in [-0.25, -0.2) is 0 Å². The van der Waals surface area contributed by atoms with Gasteiger partial charge in [0.15, 0.2) is 5.78 Å². The summed E-state index contributed by atoms with van der Waals surface area (Å²) in [6.07, 6.45) is 2.24. The van der Waals surface area contributed by atoms with Gasteiger partial charge in [-0.1, -0.05) is 20.8 Å². The molecule has 3 heteroatoms. The summed E-state index contributed by atoms with van der Waals surface area (Å²) >= 11 is 0. The van der Waals surface area contributed by atoms with Crippen molar-refractivity contribution in [1.82, 2.24) is 0 Å². The molecule has 1 atom stereocenters. The highest BCUT2D eigenvalue weighted by Gasteiger charge is 2.40. The van der Waals surface area contributed by atoms with Crippen LogP contribution in [-0.2, 0) is 14.4 Å². The Kier molecular flexibility index (Phi) is 2.20.